The quantitative estimate of drug-likeness (QED) is 0.611. The molecule has 0 aliphatic heterocycles. The molecule has 0 aliphatic carbocycles. The molecule has 0 amide bonds. The highest BCUT2D eigenvalue weighted by Gasteiger charge is 1.94. The molecule has 0 atom stereocenters. The fourth-order valence-corrected chi connectivity index (χ4v) is 0.842. The average Bonchev–Trinajstić information content (AvgIpc) is 2.03. The molecule has 0 saturated heterocycles. The average molecular weight is 150 g/mol. The Labute approximate surface area is 65.8 Å². The van der Waals surface area contributed by atoms with Crippen molar-refractivity contribution in [3.8, 4) is 5.75 Å². The molecular formula is C9H10O2. The summed E-state index contributed by atoms with van der Waals surface area (Å²) in [5.74, 6) is 0.777. The summed E-state index contributed by atoms with van der Waals surface area (Å²) in [5.41, 5.74) is 1.05. The summed E-state index contributed by atoms with van der Waals surface area (Å²) in [6, 6.07) is 7.61. The zero-order valence-corrected chi connectivity index (χ0v) is 6.41. The van der Waals surface area contributed by atoms with Crippen LogP contribution in [-0.4, -0.2) is 12.9 Å². The van der Waals surface area contributed by atoms with Gasteiger partial charge in [0.1, 0.15) is 12.4 Å². The van der Waals surface area contributed by atoms with E-state index in [-0.39, 0.29) is 6.61 Å². The number of aldehydes is 1. The second-order valence-electron chi connectivity index (χ2n) is 2.24. The van der Waals surface area contributed by atoms with Gasteiger partial charge >= 0.3 is 0 Å². The molecule has 1 aromatic carbocycles. The van der Waals surface area contributed by atoms with E-state index < -0.39 is 0 Å². The molecule has 2 nitrogen and oxygen atoms in total. The fraction of sp³-hybridized carbons (Fsp3) is 0.222. The van der Waals surface area contributed by atoms with Crippen molar-refractivity contribution < 1.29 is 9.53 Å². The summed E-state index contributed by atoms with van der Waals surface area (Å²) in [7, 11) is 0. The van der Waals surface area contributed by atoms with Gasteiger partial charge in [0.15, 0.2) is 6.29 Å². The molecule has 0 bridgehead atoms. The predicted molar refractivity (Wildman–Crippen MR) is 42.7 cm³/mol. The molecule has 0 aromatic heterocycles. The minimum absolute atomic E-state index is 0.130. The predicted octanol–water partition coefficient (Wildman–Crippen LogP) is 1.57. The molecular weight excluding hydrogens is 140 g/mol. The van der Waals surface area contributed by atoms with Crippen LogP contribution in [0.5, 0.6) is 5.75 Å². The van der Waals surface area contributed by atoms with E-state index in [1.54, 1.807) is 0 Å². The molecule has 1 rings (SSSR count). The first-order chi connectivity index (χ1) is 5.34. The number of carbonyl (C=O) groups is 1. The number of hydrogen-bond donors (Lipinski definition) is 0. The van der Waals surface area contributed by atoms with Crippen LogP contribution < -0.4 is 4.74 Å². The summed E-state index contributed by atoms with van der Waals surface area (Å²) >= 11 is 0. The van der Waals surface area contributed by atoms with Crippen LogP contribution in [-0.2, 0) is 4.79 Å². The number of aryl methyl sites for hydroxylation is 1. The van der Waals surface area contributed by atoms with Crippen molar-refractivity contribution in [1.29, 1.82) is 0 Å². The third-order valence-electron chi connectivity index (χ3n) is 1.40. The normalized spacial score (nSPS) is 9.18. The van der Waals surface area contributed by atoms with Crippen LogP contribution in [0.25, 0.3) is 0 Å². The maximum Gasteiger partial charge on any atom is 0.157 e. The molecule has 2 heteroatoms. The van der Waals surface area contributed by atoms with E-state index in [9.17, 15) is 4.79 Å². The number of benzene rings is 1. The first-order valence-corrected chi connectivity index (χ1v) is 3.46. The third kappa shape index (κ3) is 2.08. The van der Waals surface area contributed by atoms with Crippen molar-refractivity contribution in [3.05, 3.63) is 29.8 Å². The van der Waals surface area contributed by atoms with Gasteiger partial charge in [-0.1, -0.05) is 18.2 Å². The number of ether oxygens (including phenoxy) is 1. The van der Waals surface area contributed by atoms with Crippen molar-refractivity contribution in [2.45, 2.75) is 6.92 Å². The van der Waals surface area contributed by atoms with E-state index in [1.807, 2.05) is 31.2 Å². The Bertz CT molecular complexity index is 243. The number of rotatable bonds is 3. The SMILES string of the molecule is Cc1ccccc1OCC=O. The van der Waals surface area contributed by atoms with Gasteiger partial charge in [0.05, 0.1) is 0 Å². The standard InChI is InChI=1S/C9H10O2/c1-8-4-2-3-5-9(8)11-7-6-10/h2-6H,7H2,1H3. The Hall–Kier alpha value is -1.31. The number of para-hydroxylation sites is 1. The van der Waals surface area contributed by atoms with Crippen molar-refractivity contribution in [2.75, 3.05) is 6.61 Å². The van der Waals surface area contributed by atoms with Gasteiger partial charge in [0.2, 0.25) is 0 Å². The second kappa shape index (κ2) is 3.76. The Kier molecular flexibility index (Phi) is 2.66. The number of carbonyl (C=O) groups excluding carboxylic acids is 1. The van der Waals surface area contributed by atoms with Crippen LogP contribution in [0.4, 0.5) is 0 Å². The summed E-state index contributed by atoms with van der Waals surface area (Å²) in [5, 5.41) is 0. The van der Waals surface area contributed by atoms with Gasteiger partial charge in [0.25, 0.3) is 0 Å². The van der Waals surface area contributed by atoms with Crippen LogP contribution in [0.2, 0.25) is 0 Å². The largest absolute Gasteiger partial charge is 0.486 e. The molecule has 11 heavy (non-hydrogen) atoms. The monoisotopic (exact) mass is 150 g/mol. The van der Waals surface area contributed by atoms with Gasteiger partial charge in [-0.3, -0.25) is 4.79 Å². The lowest BCUT2D eigenvalue weighted by molar-refractivity contribution is -0.109. The lowest BCUT2D eigenvalue weighted by Crippen LogP contribution is -1.98. The van der Waals surface area contributed by atoms with E-state index in [0.29, 0.717) is 0 Å². The maximum absolute atomic E-state index is 9.96. The Balaban J connectivity index is 2.69. The molecule has 0 unspecified atom stereocenters. The summed E-state index contributed by atoms with van der Waals surface area (Å²) in [4.78, 5) is 9.96. The zero-order valence-electron chi connectivity index (χ0n) is 6.41. The molecule has 0 fully saturated rings. The molecule has 0 aliphatic rings. The highest BCUT2D eigenvalue weighted by atomic mass is 16.5. The zero-order chi connectivity index (χ0) is 8.10. The van der Waals surface area contributed by atoms with Crippen molar-refractivity contribution in [3.63, 3.8) is 0 Å². The van der Waals surface area contributed by atoms with Crippen LogP contribution in [0.3, 0.4) is 0 Å². The first kappa shape index (κ1) is 7.79. The van der Waals surface area contributed by atoms with Crippen LogP contribution in [0.15, 0.2) is 24.3 Å². The molecule has 0 heterocycles. The minimum atomic E-state index is 0.130. The number of hydrogen-bond acceptors (Lipinski definition) is 2. The molecule has 0 spiro atoms. The van der Waals surface area contributed by atoms with E-state index >= 15 is 0 Å². The van der Waals surface area contributed by atoms with Crippen molar-refractivity contribution in [2.24, 2.45) is 0 Å². The smallest absolute Gasteiger partial charge is 0.157 e. The molecule has 1 aromatic rings. The van der Waals surface area contributed by atoms with Gasteiger partial charge in [0, 0.05) is 0 Å². The molecule has 0 saturated carbocycles. The van der Waals surface area contributed by atoms with Gasteiger partial charge < -0.3 is 4.74 Å². The van der Waals surface area contributed by atoms with Gasteiger partial charge in [-0.25, -0.2) is 0 Å². The summed E-state index contributed by atoms with van der Waals surface area (Å²) < 4.78 is 5.12. The topological polar surface area (TPSA) is 26.3 Å². The molecule has 0 N–H and O–H groups in total. The maximum atomic E-state index is 9.96. The highest BCUT2D eigenvalue weighted by molar-refractivity contribution is 5.51. The Morgan fingerprint density at radius 3 is 2.82 bits per heavy atom. The fourth-order valence-electron chi connectivity index (χ4n) is 0.842. The van der Waals surface area contributed by atoms with E-state index in [2.05, 4.69) is 0 Å². The summed E-state index contributed by atoms with van der Waals surface area (Å²) in [6.45, 7) is 2.07. The minimum Gasteiger partial charge on any atom is -0.486 e. The lowest BCUT2D eigenvalue weighted by Gasteiger charge is -2.03. The third-order valence-corrected chi connectivity index (χ3v) is 1.40. The van der Waals surface area contributed by atoms with Crippen LogP contribution >= 0.6 is 0 Å². The highest BCUT2D eigenvalue weighted by Crippen LogP contribution is 2.15. The Morgan fingerprint density at radius 1 is 1.45 bits per heavy atom. The summed E-state index contributed by atoms with van der Waals surface area (Å²) in [6.07, 6.45) is 0.742. The lowest BCUT2D eigenvalue weighted by atomic mass is 10.2. The Morgan fingerprint density at radius 2 is 2.18 bits per heavy atom. The second-order valence-corrected chi connectivity index (χ2v) is 2.24. The van der Waals surface area contributed by atoms with Gasteiger partial charge in [-0.05, 0) is 18.6 Å². The van der Waals surface area contributed by atoms with E-state index in [1.165, 1.54) is 0 Å². The van der Waals surface area contributed by atoms with E-state index in [4.69, 9.17) is 4.74 Å². The molecule has 0 radical (unpaired) electrons. The van der Waals surface area contributed by atoms with Crippen LogP contribution in [0, 0.1) is 6.92 Å². The van der Waals surface area contributed by atoms with E-state index in [0.717, 1.165) is 17.6 Å². The van der Waals surface area contributed by atoms with Crippen molar-refractivity contribution in [1.82, 2.24) is 0 Å². The van der Waals surface area contributed by atoms with Crippen molar-refractivity contribution >= 4 is 6.29 Å². The van der Waals surface area contributed by atoms with Gasteiger partial charge in [-0.15, -0.1) is 0 Å². The van der Waals surface area contributed by atoms with Crippen LogP contribution in [0.1, 0.15) is 5.56 Å². The first-order valence-electron chi connectivity index (χ1n) is 3.46. The molecule has 58 valence electrons. The van der Waals surface area contributed by atoms with Gasteiger partial charge in [-0.2, -0.15) is 0 Å².